The molecule has 0 saturated carbocycles. The van der Waals surface area contributed by atoms with Crippen molar-refractivity contribution in [1.82, 2.24) is 4.98 Å². The molecule has 193 valence electrons. The molecule has 1 radical (unpaired) electrons. The van der Waals surface area contributed by atoms with E-state index in [9.17, 15) is 4.79 Å². The van der Waals surface area contributed by atoms with Gasteiger partial charge in [0.1, 0.15) is 0 Å². The Morgan fingerprint density at radius 2 is 1.58 bits per heavy atom. The average molecular weight is 738 g/mol. The summed E-state index contributed by atoms with van der Waals surface area (Å²) < 4.78 is 1.53. The predicted molar refractivity (Wildman–Crippen MR) is 157 cm³/mol. The predicted octanol–water partition coefficient (Wildman–Crippen LogP) is 8.14. The first kappa shape index (κ1) is 29.3. The van der Waals surface area contributed by atoms with Gasteiger partial charge in [-0.25, -0.2) is 0 Å². The Labute approximate surface area is 239 Å². The van der Waals surface area contributed by atoms with Gasteiger partial charge in [-0.1, -0.05) is 0 Å². The topological polar surface area (TPSA) is 54.5 Å². The number of fused-ring (bicyclic) bond motifs is 4. The number of allylic oxidation sites excluding steroid dienone is 2. The summed E-state index contributed by atoms with van der Waals surface area (Å²) >= 11 is -2.00. The van der Waals surface area contributed by atoms with Crippen LogP contribution < -0.4 is 4.40 Å². The largest absolute Gasteiger partial charge is 0 e. The average Bonchev–Trinajstić information content (AvgIpc) is 2.86. The van der Waals surface area contributed by atoms with Crippen molar-refractivity contribution in [3.63, 3.8) is 0 Å². The fraction of sp³-hybridized carbons (Fsp3) is 0.156. The van der Waals surface area contributed by atoms with Crippen LogP contribution in [-0.4, -0.2) is 29.1 Å². The van der Waals surface area contributed by atoms with E-state index in [-0.39, 0.29) is 31.6 Å². The van der Waals surface area contributed by atoms with Crippen LogP contribution >= 0.6 is 0 Å². The standard InChI is InChI=1S/C27H21GeN2.C5H8O2.Ir/c1-28(2,3)25-11-7-10-21-22-14-15-30-27(24(22)13-12-23(21)25)19-16-18-8-5-6-9-20(18)26(17-19)29-4;1-4(6)3-5(2)7;/h5-15,17H,1-3H3;3,6H,1-2H3;/q-1;;/b;4-3-;. The minimum atomic E-state index is -2.00. The van der Waals surface area contributed by atoms with Gasteiger partial charge in [0.15, 0.2) is 5.78 Å². The van der Waals surface area contributed by atoms with E-state index in [1.807, 2.05) is 36.5 Å². The monoisotopic (exact) mass is 740 g/mol. The van der Waals surface area contributed by atoms with E-state index in [4.69, 9.17) is 16.7 Å². The number of aliphatic hydroxyl groups is 1. The fourth-order valence-electron chi connectivity index (χ4n) is 4.62. The minimum absolute atomic E-state index is 0. The van der Waals surface area contributed by atoms with Crippen LogP contribution in [0.1, 0.15) is 13.8 Å². The molecule has 0 amide bonds. The molecule has 1 heterocycles. The normalized spacial score (nSPS) is 11.4. The third-order valence-corrected chi connectivity index (χ3v) is 10.5. The van der Waals surface area contributed by atoms with Crippen molar-refractivity contribution in [2.75, 3.05) is 0 Å². The van der Waals surface area contributed by atoms with Crippen LogP contribution in [0.25, 0.3) is 48.4 Å². The number of benzene rings is 4. The molecule has 5 aromatic rings. The van der Waals surface area contributed by atoms with E-state index in [2.05, 4.69) is 64.6 Å². The molecule has 1 aromatic heterocycles. The van der Waals surface area contributed by atoms with Crippen LogP contribution in [0, 0.1) is 12.6 Å². The number of hydrogen-bond donors (Lipinski definition) is 1. The zero-order valence-corrected chi connectivity index (χ0v) is 26.6. The molecular formula is C32H29GeIrN2O2-. The van der Waals surface area contributed by atoms with E-state index < -0.39 is 13.3 Å². The number of aromatic nitrogens is 1. The van der Waals surface area contributed by atoms with E-state index in [0.29, 0.717) is 5.69 Å². The number of carbonyl (C=O) groups is 1. The molecule has 0 spiro atoms. The molecule has 38 heavy (non-hydrogen) atoms. The Kier molecular flexibility index (Phi) is 9.27. The molecule has 0 atom stereocenters. The van der Waals surface area contributed by atoms with E-state index >= 15 is 0 Å². The van der Waals surface area contributed by atoms with Gasteiger partial charge in [-0.3, -0.25) is 4.79 Å². The van der Waals surface area contributed by atoms with Gasteiger partial charge >= 0.3 is 180 Å². The van der Waals surface area contributed by atoms with Crippen molar-refractivity contribution in [1.29, 1.82) is 0 Å². The van der Waals surface area contributed by atoms with Crippen LogP contribution in [-0.2, 0) is 24.9 Å². The summed E-state index contributed by atoms with van der Waals surface area (Å²) in [5.74, 6) is 7.25. The molecule has 0 aliphatic heterocycles. The number of rotatable bonds is 3. The van der Waals surface area contributed by atoms with Gasteiger partial charge in [0.05, 0.1) is 5.76 Å². The van der Waals surface area contributed by atoms with Gasteiger partial charge in [0.2, 0.25) is 0 Å². The smallest absolute Gasteiger partial charge is 0 e. The van der Waals surface area contributed by atoms with Crippen LogP contribution in [0.2, 0.25) is 17.3 Å². The summed E-state index contributed by atoms with van der Waals surface area (Å²) in [4.78, 5) is 18.5. The summed E-state index contributed by atoms with van der Waals surface area (Å²) in [6, 6.07) is 26.6. The van der Waals surface area contributed by atoms with Crippen LogP contribution in [0.15, 0.2) is 84.8 Å². The Balaban J connectivity index is 0.000000444. The molecule has 4 nitrogen and oxygen atoms in total. The van der Waals surface area contributed by atoms with E-state index in [1.165, 1.54) is 40.5 Å². The van der Waals surface area contributed by atoms with Crippen LogP contribution in [0.3, 0.4) is 0 Å². The van der Waals surface area contributed by atoms with Crippen molar-refractivity contribution >= 4 is 61.4 Å². The van der Waals surface area contributed by atoms with Crippen molar-refractivity contribution in [3.8, 4) is 11.3 Å². The molecule has 0 saturated heterocycles. The Morgan fingerprint density at radius 1 is 0.921 bits per heavy atom. The number of aliphatic hydroxyl groups excluding tert-OH is 1. The number of pyridine rings is 1. The van der Waals surface area contributed by atoms with Gasteiger partial charge in [-0.05, 0) is 13.8 Å². The molecule has 0 bridgehead atoms. The Bertz CT molecular complexity index is 1730. The van der Waals surface area contributed by atoms with Crippen molar-refractivity contribution in [3.05, 3.63) is 102 Å². The SMILES string of the molecule is CC(=O)/C=C(/C)O.[C-]#[N+]c1cc(-c2nccc3c2ccc2[c]([Ge]([CH3])([CH3])[CH3])cccc23)[c-]c2ccccc12.[Ir]. The van der Waals surface area contributed by atoms with Crippen LogP contribution in [0.5, 0.6) is 0 Å². The van der Waals surface area contributed by atoms with E-state index in [1.54, 1.807) is 0 Å². The molecule has 0 aliphatic carbocycles. The maximum atomic E-state index is 10.0. The number of ketones is 1. The second-order valence-corrected chi connectivity index (χ2v) is 20.7. The number of nitrogens with zero attached hydrogens (tertiary/aromatic N) is 2. The molecule has 0 aliphatic rings. The first-order valence-corrected chi connectivity index (χ1v) is 19.5. The third kappa shape index (κ3) is 6.22. The summed E-state index contributed by atoms with van der Waals surface area (Å²) in [7, 11) is 0. The third-order valence-electron chi connectivity index (χ3n) is 6.15. The first-order valence-electron chi connectivity index (χ1n) is 12.1. The van der Waals surface area contributed by atoms with Crippen LogP contribution in [0.4, 0.5) is 5.69 Å². The van der Waals surface area contributed by atoms with Gasteiger partial charge in [0, 0.05) is 26.2 Å². The second-order valence-electron chi connectivity index (χ2n) is 10.1. The van der Waals surface area contributed by atoms with Gasteiger partial charge in [-0.2, -0.15) is 0 Å². The molecule has 4 aromatic carbocycles. The summed E-state index contributed by atoms with van der Waals surface area (Å²) in [6.07, 6.45) is 3.04. The minimum Gasteiger partial charge on any atom is 0 e. The van der Waals surface area contributed by atoms with Crippen molar-refractivity contribution < 1.29 is 30.0 Å². The Morgan fingerprint density at radius 3 is 2.21 bits per heavy atom. The fourth-order valence-corrected chi connectivity index (χ4v) is 8.02. The van der Waals surface area contributed by atoms with Gasteiger partial charge < -0.3 is 5.11 Å². The second kappa shape index (κ2) is 12.0. The maximum Gasteiger partial charge on any atom is 0 e. The molecule has 1 N–H and O–H groups in total. The molecule has 0 fully saturated rings. The molecular weight excluding hydrogens is 709 g/mol. The quantitative estimate of drug-likeness (QED) is 0.0669. The summed E-state index contributed by atoms with van der Waals surface area (Å²) in [5, 5.41) is 15.2. The maximum absolute atomic E-state index is 10.0. The molecule has 5 rings (SSSR count). The molecule has 6 heteroatoms. The van der Waals surface area contributed by atoms with E-state index in [0.717, 1.165) is 27.4 Å². The van der Waals surface area contributed by atoms with Crippen molar-refractivity contribution in [2.24, 2.45) is 0 Å². The number of carbonyl (C=O) groups excluding carboxylic acids is 1. The zero-order valence-electron chi connectivity index (χ0n) is 22.1. The molecule has 0 unspecified atom stereocenters. The number of hydrogen-bond acceptors (Lipinski definition) is 3. The van der Waals surface area contributed by atoms with Gasteiger partial charge in [0.25, 0.3) is 0 Å². The first-order chi connectivity index (χ1) is 17.6. The Hall–Kier alpha value is -3.30. The summed E-state index contributed by atoms with van der Waals surface area (Å²) in [6.45, 7) is 10.5. The summed E-state index contributed by atoms with van der Waals surface area (Å²) in [5.41, 5.74) is 2.39. The van der Waals surface area contributed by atoms with Gasteiger partial charge in [-0.15, -0.1) is 0 Å². The zero-order chi connectivity index (χ0) is 26.7. The van der Waals surface area contributed by atoms with Crippen molar-refractivity contribution in [2.45, 2.75) is 31.1 Å².